The molecule has 1 aromatic carbocycles. The average molecular weight is 343 g/mol. The van der Waals surface area contributed by atoms with Crippen molar-refractivity contribution in [2.24, 2.45) is 5.73 Å². The normalized spacial score (nSPS) is 18.8. The molecule has 130 valence electrons. The number of primary amides is 1. The molecule has 1 aliphatic rings. The summed E-state index contributed by atoms with van der Waals surface area (Å²) in [6.45, 7) is 0. The van der Waals surface area contributed by atoms with E-state index in [1.807, 2.05) is 0 Å². The van der Waals surface area contributed by atoms with Crippen LogP contribution in [0.4, 0.5) is 13.2 Å². The summed E-state index contributed by atoms with van der Waals surface area (Å²) in [5.74, 6) is -1.73. The Hall–Kier alpha value is -2.58. The summed E-state index contributed by atoms with van der Waals surface area (Å²) in [5.41, 5.74) is 4.58. The molecule has 0 unspecified atom stereocenters. The van der Waals surface area contributed by atoms with Gasteiger partial charge in [0, 0.05) is 12.8 Å². The molecule has 4 N–H and O–H groups in total. The summed E-state index contributed by atoms with van der Waals surface area (Å²) < 4.78 is 38.1. The fraction of sp³-hybridized carbons (Fsp3) is 0.400. The summed E-state index contributed by atoms with van der Waals surface area (Å²) in [4.78, 5) is 34.6. The van der Waals surface area contributed by atoms with Crippen molar-refractivity contribution in [3.05, 3.63) is 35.4 Å². The molecule has 9 heteroatoms. The van der Waals surface area contributed by atoms with Crippen molar-refractivity contribution in [1.29, 1.82) is 0 Å². The fourth-order valence-corrected chi connectivity index (χ4v) is 2.42. The first kappa shape index (κ1) is 17.8. The molecule has 24 heavy (non-hydrogen) atoms. The number of hydrogen-bond donors (Lipinski definition) is 3. The number of benzene rings is 1. The van der Waals surface area contributed by atoms with Gasteiger partial charge in [-0.3, -0.25) is 14.4 Å². The third-order valence-electron chi connectivity index (χ3n) is 3.67. The van der Waals surface area contributed by atoms with Crippen LogP contribution in [0, 0.1) is 0 Å². The van der Waals surface area contributed by atoms with E-state index >= 15 is 0 Å². The maximum Gasteiger partial charge on any atom is 0.416 e. The van der Waals surface area contributed by atoms with Gasteiger partial charge in [-0.05, 0) is 18.1 Å². The van der Waals surface area contributed by atoms with E-state index in [0.717, 1.165) is 12.1 Å². The lowest BCUT2D eigenvalue weighted by Crippen LogP contribution is -2.51. The van der Waals surface area contributed by atoms with Crippen molar-refractivity contribution in [1.82, 2.24) is 10.6 Å². The lowest BCUT2D eigenvalue weighted by Gasteiger charge is -2.19. The highest BCUT2D eigenvalue weighted by Gasteiger charge is 2.32. The van der Waals surface area contributed by atoms with E-state index in [-0.39, 0.29) is 24.3 Å². The van der Waals surface area contributed by atoms with Gasteiger partial charge in [0.15, 0.2) is 0 Å². The molecule has 1 aliphatic heterocycles. The van der Waals surface area contributed by atoms with Crippen LogP contribution in [0.5, 0.6) is 0 Å². The minimum atomic E-state index is -4.50. The monoisotopic (exact) mass is 343 g/mol. The summed E-state index contributed by atoms with van der Waals surface area (Å²) in [6.07, 6.45) is -4.19. The van der Waals surface area contributed by atoms with Gasteiger partial charge in [0.25, 0.3) is 0 Å². The van der Waals surface area contributed by atoms with Gasteiger partial charge in [-0.1, -0.05) is 18.2 Å². The molecule has 2 atom stereocenters. The van der Waals surface area contributed by atoms with E-state index < -0.39 is 35.6 Å². The van der Waals surface area contributed by atoms with E-state index in [0.29, 0.717) is 6.42 Å². The fourth-order valence-electron chi connectivity index (χ4n) is 2.42. The number of alkyl halides is 3. The first-order valence-corrected chi connectivity index (χ1v) is 7.22. The highest BCUT2D eigenvalue weighted by Crippen LogP contribution is 2.29. The minimum Gasteiger partial charge on any atom is -0.368 e. The Morgan fingerprint density at radius 1 is 1.38 bits per heavy atom. The predicted molar refractivity (Wildman–Crippen MR) is 77.4 cm³/mol. The maximum atomic E-state index is 12.7. The van der Waals surface area contributed by atoms with E-state index in [9.17, 15) is 27.6 Å². The number of nitrogens with one attached hydrogen (secondary N) is 2. The number of amides is 3. The number of nitrogens with two attached hydrogens (primary N) is 1. The molecule has 3 amide bonds. The molecule has 0 aromatic heterocycles. The third-order valence-corrected chi connectivity index (χ3v) is 3.67. The number of hydrogen-bond acceptors (Lipinski definition) is 3. The Morgan fingerprint density at radius 3 is 2.62 bits per heavy atom. The molecular weight excluding hydrogens is 327 g/mol. The van der Waals surface area contributed by atoms with Crippen LogP contribution in [0.15, 0.2) is 24.3 Å². The van der Waals surface area contributed by atoms with Gasteiger partial charge in [-0.25, -0.2) is 0 Å². The lowest BCUT2D eigenvalue weighted by atomic mass is 10.0. The average Bonchev–Trinajstić information content (AvgIpc) is 2.92. The highest BCUT2D eigenvalue weighted by atomic mass is 19.4. The van der Waals surface area contributed by atoms with Crippen LogP contribution < -0.4 is 16.4 Å². The van der Waals surface area contributed by atoms with Crippen molar-refractivity contribution < 1.29 is 27.6 Å². The second kappa shape index (κ2) is 6.90. The molecule has 6 nitrogen and oxygen atoms in total. The largest absolute Gasteiger partial charge is 0.416 e. The van der Waals surface area contributed by atoms with Crippen LogP contribution in [0.25, 0.3) is 0 Å². The van der Waals surface area contributed by atoms with Crippen LogP contribution in [-0.2, 0) is 27.0 Å². The number of halogens is 3. The van der Waals surface area contributed by atoms with Gasteiger partial charge in [0.1, 0.15) is 12.1 Å². The van der Waals surface area contributed by atoms with Crippen molar-refractivity contribution in [3.63, 3.8) is 0 Å². The molecular formula is C15H16F3N3O3. The van der Waals surface area contributed by atoms with E-state index in [1.165, 1.54) is 12.1 Å². The van der Waals surface area contributed by atoms with Crippen LogP contribution in [0.3, 0.4) is 0 Å². The van der Waals surface area contributed by atoms with Crippen LogP contribution in [0.1, 0.15) is 24.0 Å². The topological polar surface area (TPSA) is 101 Å². The Labute approximate surface area is 135 Å². The zero-order valence-electron chi connectivity index (χ0n) is 12.5. The first-order valence-electron chi connectivity index (χ1n) is 7.22. The third kappa shape index (κ3) is 4.46. The molecule has 1 saturated heterocycles. The van der Waals surface area contributed by atoms with E-state index in [2.05, 4.69) is 10.6 Å². The first-order chi connectivity index (χ1) is 11.2. The predicted octanol–water partition coefficient (Wildman–Crippen LogP) is 0.497. The molecule has 0 saturated carbocycles. The zero-order valence-corrected chi connectivity index (χ0v) is 12.5. The number of carbonyl (C=O) groups excluding carboxylic acids is 3. The van der Waals surface area contributed by atoms with Gasteiger partial charge >= 0.3 is 6.18 Å². The molecule has 1 fully saturated rings. The lowest BCUT2D eigenvalue weighted by molar-refractivity contribution is -0.137. The second-order valence-corrected chi connectivity index (χ2v) is 5.52. The highest BCUT2D eigenvalue weighted by molar-refractivity contribution is 5.93. The maximum absolute atomic E-state index is 12.7. The summed E-state index contributed by atoms with van der Waals surface area (Å²) in [5, 5.41) is 4.82. The Bertz CT molecular complexity index is 661. The second-order valence-electron chi connectivity index (χ2n) is 5.52. The Balaban J connectivity index is 2.07. The summed E-state index contributed by atoms with van der Waals surface area (Å²) in [7, 11) is 0. The molecule has 0 radical (unpaired) electrons. The van der Waals surface area contributed by atoms with Crippen molar-refractivity contribution in [2.75, 3.05) is 0 Å². The van der Waals surface area contributed by atoms with Gasteiger partial charge in [0.2, 0.25) is 17.7 Å². The van der Waals surface area contributed by atoms with E-state index in [4.69, 9.17) is 5.73 Å². The van der Waals surface area contributed by atoms with Crippen LogP contribution in [0.2, 0.25) is 0 Å². The van der Waals surface area contributed by atoms with Gasteiger partial charge in [-0.15, -0.1) is 0 Å². The Kier molecular flexibility index (Phi) is 5.10. The van der Waals surface area contributed by atoms with Gasteiger partial charge in [0.05, 0.1) is 5.56 Å². The van der Waals surface area contributed by atoms with Crippen molar-refractivity contribution >= 4 is 17.7 Å². The molecule has 1 heterocycles. The van der Waals surface area contributed by atoms with Crippen LogP contribution >= 0.6 is 0 Å². The molecule has 0 bridgehead atoms. The summed E-state index contributed by atoms with van der Waals surface area (Å²) >= 11 is 0. The quantitative estimate of drug-likeness (QED) is 0.725. The van der Waals surface area contributed by atoms with Crippen molar-refractivity contribution in [3.8, 4) is 0 Å². The number of rotatable bonds is 5. The van der Waals surface area contributed by atoms with Crippen molar-refractivity contribution in [2.45, 2.75) is 37.5 Å². The SMILES string of the molecule is NC(=O)[C@H](Cc1cccc(C(F)(F)F)c1)NC(=O)[C@@H]1CCC(=O)N1. The molecule has 0 spiro atoms. The standard InChI is InChI=1S/C15H16F3N3O3/c16-15(17,18)9-3-1-2-8(6-9)7-11(13(19)23)21-14(24)10-4-5-12(22)20-10/h1-3,6,10-11H,4-5,7H2,(H2,19,23)(H,20,22)(H,21,24)/t10-,11-/m0/s1. The molecule has 2 rings (SSSR count). The zero-order chi connectivity index (χ0) is 17.9. The smallest absolute Gasteiger partial charge is 0.368 e. The van der Waals surface area contributed by atoms with Crippen LogP contribution in [-0.4, -0.2) is 29.8 Å². The molecule has 0 aliphatic carbocycles. The van der Waals surface area contributed by atoms with Gasteiger partial charge in [-0.2, -0.15) is 13.2 Å². The van der Waals surface area contributed by atoms with E-state index in [1.54, 1.807) is 0 Å². The van der Waals surface area contributed by atoms with Gasteiger partial charge < -0.3 is 16.4 Å². The Morgan fingerprint density at radius 2 is 2.08 bits per heavy atom. The molecule has 1 aromatic rings. The minimum absolute atomic E-state index is 0.175. The summed E-state index contributed by atoms with van der Waals surface area (Å²) in [6, 6.07) is 2.51. The number of carbonyl (C=O) groups is 3.